The van der Waals surface area contributed by atoms with Crippen LogP contribution >= 0.6 is 0 Å². The summed E-state index contributed by atoms with van der Waals surface area (Å²) in [5.74, 6) is 0. The first-order valence-corrected chi connectivity index (χ1v) is 16.4. The first-order valence-electron chi connectivity index (χ1n) is 16.4. The highest BCUT2D eigenvalue weighted by Crippen LogP contribution is 2.40. The Morgan fingerprint density at radius 2 is 0.500 bits per heavy atom. The van der Waals surface area contributed by atoms with Crippen LogP contribution in [0.25, 0.3) is 0 Å². The molecule has 0 radical (unpaired) electrons. The van der Waals surface area contributed by atoms with Gasteiger partial charge in [0.05, 0.1) is 33.6 Å². The van der Waals surface area contributed by atoms with Gasteiger partial charge in [-0.25, -0.2) is 0 Å². The van der Waals surface area contributed by atoms with Crippen LogP contribution in [0, 0.1) is 0 Å². The van der Waals surface area contributed by atoms with Gasteiger partial charge in [-0.1, -0.05) is 36.4 Å². The van der Waals surface area contributed by atoms with Gasteiger partial charge in [0, 0.05) is 17.1 Å². The van der Waals surface area contributed by atoms with Gasteiger partial charge < -0.3 is 32.8 Å². The number of hydrogen-bond donors (Lipinski definition) is 0. The van der Waals surface area contributed by atoms with Crippen molar-refractivity contribution in [2.45, 2.75) is 117 Å². The molecule has 3 heterocycles. The van der Waals surface area contributed by atoms with Crippen LogP contribution in [0.1, 0.15) is 83.1 Å². The number of hydrogen-bond acceptors (Lipinski definition) is 7. The molecule has 0 aromatic heterocycles. The van der Waals surface area contributed by atoms with Crippen molar-refractivity contribution < 1.29 is 27.9 Å². The molecular formula is C36H48B3NO6. The summed E-state index contributed by atoms with van der Waals surface area (Å²) in [6, 6.07) is 25.2. The summed E-state index contributed by atoms with van der Waals surface area (Å²) in [5, 5.41) is 0. The molecule has 3 fully saturated rings. The molecule has 3 saturated heterocycles. The molecule has 0 amide bonds. The van der Waals surface area contributed by atoms with E-state index in [0.717, 1.165) is 33.5 Å². The minimum Gasteiger partial charge on any atom is -0.399 e. The van der Waals surface area contributed by atoms with Crippen LogP contribution in [-0.4, -0.2) is 55.0 Å². The molecule has 3 aromatic carbocycles. The maximum atomic E-state index is 6.32. The van der Waals surface area contributed by atoms with Crippen LogP contribution in [0.5, 0.6) is 0 Å². The first-order chi connectivity index (χ1) is 21.2. The fourth-order valence-electron chi connectivity index (χ4n) is 5.73. The topological polar surface area (TPSA) is 58.6 Å². The second kappa shape index (κ2) is 11.0. The summed E-state index contributed by atoms with van der Waals surface area (Å²) in [7, 11) is -1.28. The van der Waals surface area contributed by atoms with Gasteiger partial charge in [0.15, 0.2) is 0 Å². The lowest BCUT2D eigenvalue weighted by Crippen LogP contribution is -2.41. The van der Waals surface area contributed by atoms with Crippen molar-refractivity contribution in [3.8, 4) is 0 Å². The second-order valence-corrected chi connectivity index (χ2v) is 15.9. The van der Waals surface area contributed by atoms with E-state index in [1.807, 2.05) is 0 Å². The van der Waals surface area contributed by atoms with Crippen molar-refractivity contribution in [3.63, 3.8) is 0 Å². The van der Waals surface area contributed by atoms with E-state index in [2.05, 4.69) is 161 Å². The van der Waals surface area contributed by atoms with E-state index < -0.39 is 55.0 Å². The van der Waals surface area contributed by atoms with Gasteiger partial charge in [0.25, 0.3) is 0 Å². The van der Waals surface area contributed by atoms with E-state index in [4.69, 9.17) is 27.9 Å². The summed E-state index contributed by atoms with van der Waals surface area (Å²) in [6.45, 7) is 24.9. The molecule has 0 unspecified atom stereocenters. The van der Waals surface area contributed by atoms with Crippen molar-refractivity contribution in [2.75, 3.05) is 4.90 Å². The molecule has 3 aliphatic rings. The molecule has 0 aliphatic carbocycles. The van der Waals surface area contributed by atoms with Crippen molar-refractivity contribution in [2.24, 2.45) is 0 Å². The molecule has 0 saturated carbocycles. The van der Waals surface area contributed by atoms with Gasteiger partial charge in [0.1, 0.15) is 0 Å². The lowest BCUT2D eigenvalue weighted by atomic mass is 9.78. The Morgan fingerprint density at radius 1 is 0.326 bits per heavy atom. The van der Waals surface area contributed by atoms with Crippen LogP contribution in [0.3, 0.4) is 0 Å². The van der Waals surface area contributed by atoms with Gasteiger partial charge in [-0.2, -0.15) is 0 Å². The molecule has 0 atom stereocenters. The Hall–Kier alpha value is -2.59. The third-order valence-corrected chi connectivity index (χ3v) is 11.0. The minimum absolute atomic E-state index is 0.403. The van der Waals surface area contributed by atoms with Crippen LogP contribution < -0.4 is 21.3 Å². The second-order valence-electron chi connectivity index (χ2n) is 15.9. The SMILES string of the molecule is CC1(C)OB(c2ccc(N(c3ccc(B4OC(C)(C)C(C)(C)O4)cc3)c3ccc(B4OC(C)(C)C(C)(C)O4)cc3)cc2)OC1(C)C. The Labute approximate surface area is 276 Å². The van der Waals surface area contributed by atoms with Gasteiger partial charge in [-0.15, -0.1) is 0 Å². The van der Waals surface area contributed by atoms with Gasteiger partial charge in [-0.3, -0.25) is 0 Å². The number of anilines is 3. The van der Waals surface area contributed by atoms with Crippen molar-refractivity contribution in [3.05, 3.63) is 72.8 Å². The molecule has 6 rings (SSSR count). The molecule has 0 N–H and O–H groups in total. The summed E-state index contributed by atoms with van der Waals surface area (Å²) in [4.78, 5) is 2.23. The van der Waals surface area contributed by atoms with E-state index in [1.54, 1.807) is 0 Å². The Balaban J connectivity index is 1.31. The average molecular weight is 623 g/mol. The molecule has 3 aromatic rings. The maximum absolute atomic E-state index is 6.32. The van der Waals surface area contributed by atoms with E-state index in [9.17, 15) is 0 Å². The summed E-state index contributed by atoms with van der Waals surface area (Å²) in [6.07, 6.45) is 0. The number of rotatable bonds is 6. The van der Waals surface area contributed by atoms with Crippen LogP contribution in [0.2, 0.25) is 0 Å². The highest BCUT2D eigenvalue weighted by atomic mass is 16.7. The third-order valence-electron chi connectivity index (χ3n) is 11.0. The molecule has 7 nitrogen and oxygen atoms in total. The number of benzene rings is 3. The highest BCUT2D eigenvalue weighted by molar-refractivity contribution is 6.63. The lowest BCUT2D eigenvalue weighted by Gasteiger charge is -2.32. The average Bonchev–Trinajstić information content (AvgIpc) is 3.43. The van der Waals surface area contributed by atoms with E-state index in [-0.39, 0.29) is 0 Å². The predicted molar refractivity (Wildman–Crippen MR) is 188 cm³/mol. The van der Waals surface area contributed by atoms with E-state index in [1.165, 1.54) is 0 Å². The highest BCUT2D eigenvalue weighted by Gasteiger charge is 2.53. The molecule has 0 bridgehead atoms. The maximum Gasteiger partial charge on any atom is 0.494 e. The van der Waals surface area contributed by atoms with Crippen LogP contribution in [-0.2, 0) is 27.9 Å². The Morgan fingerprint density at radius 3 is 0.674 bits per heavy atom. The zero-order valence-electron chi connectivity index (χ0n) is 29.6. The largest absolute Gasteiger partial charge is 0.494 e. The smallest absolute Gasteiger partial charge is 0.399 e. The van der Waals surface area contributed by atoms with Gasteiger partial charge in [0.2, 0.25) is 0 Å². The van der Waals surface area contributed by atoms with Crippen molar-refractivity contribution in [1.82, 2.24) is 0 Å². The Bertz CT molecular complexity index is 1330. The van der Waals surface area contributed by atoms with Crippen molar-refractivity contribution >= 4 is 54.8 Å². The summed E-state index contributed by atoms with van der Waals surface area (Å²) < 4.78 is 37.9. The quantitative estimate of drug-likeness (QED) is 0.310. The fraction of sp³-hybridized carbons (Fsp3) is 0.500. The standard InChI is InChI=1S/C36H48B3NO6/c1-31(2)32(3,4)42-37(41-31)25-13-19-28(20-14-25)40(29-21-15-26(16-22-29)38-43-33(5,6)34(7,8)44-38)30-23-17-27(18-24-30)39-45-35(9,10)36(11,12)46-39/h13-24H,1-12H3. The van der Waals surface area contributed by atoms with Gasteiger partial charge in [-0.05, 0) is 136 Å². The van der Waals surface area contributed by atoms with Crippen molar-refractivity contribution in [1.29, 1.82) is 0 Å². The zero-order chi connectivity index (χ0) is 33.5. The lowest BCUT2D eigenvalue weighted by molar-refractivity contribution is 0.00578. The van der Waals surface area contributed by atoms with Crippen LogP contribution in [0.4, 0.5) is 17.1 Å². The third kappa shape index (κ3) is 5.76. The normalized spacial score (nSPS) is 23.6. The molecule has 0 spiro atoms. The fourth-order valence-corrected chi connectivity index (χ4v) is 5.73. The molecule has 242 valence electrons. The minimum atomic E-state index is -0.425. The van der Waals surface area contributed by atoms with E-state index in [0.29, 0.717) is 0 Å². The summed E-state index contributed by atoms with van der Waals surface area (Å²) in [5.41, 5.74) is 3.55. The Kier molecular flexibility index (Phi) is 7.95. The molecule has 3 aliphatic heterocycles. The number of nitrogens with zero attached hydrogens (tertiary/aromatic N) is 1. The van der Waals surface area contributed by atoms with Gasteiger partial charge >= 0.3 is 21.4 Å². The molecule has 46 heavy (non-hydrogen) atoms. The predicted octanol–water partition coefficient (Wildman–Crippen LogP) is 6.05. The first kappa shape index (κ1) is 33.3. The van der Waals surface area contributed by atoms with Crippen LogP contribution in [0.15, 0.2) is 72.8 Å². The summed E-state index contributed by atoms with van der Waals surface area (Å²) >= 11 is 0. The monoisotopic (exact) mass is 623 g/mol. The molecular weight excluding hydrogens is 575 g/mol. The zero-order valence-corrected chi connectivity index (χ0v) is 29.6. The molecule has 10 heteroatoms. The van der Waals surface area contributed by atoms with E-state index >= 15 is 0 Å².